The summed E-state index contributed by atoms with van der Waals surface area (Å²) in [4.78, 5) is 17.3. The van der Waals surface area contributed by atoms with Gasteiger partial charge in [0.05, 0.1) is 11.8 Å². The van der Waals surface area contributed by atoms with Crippen LogP contribution in [0.4, 0.5) is 0 Å². The molecular formula is C21H30N6OS. The SMILES string of the molecule is Cc1ccccc1CN1CCCN(C(=O)CSc2nnnn2C2CCCC2)CC1. The molecule has 2 heterocycles. The Labute approximate surface area is 176 Å². The number of benzene rings is 1. The van der Waals surface area contributed by atoms with Crippen molar-refractivity contribution in [3.8, 4) is 0 Å². The quantitative estimate of drug-likeness (QED) is 0.677. The minimum absolute atomic E-state index is 0.189. The third-order valence-corrected chi connectivity index (χ3v) is 6.97. The molecule has 0 spiro atoms. The van der Waals surface area contributed by atoms with Crippen molar-refractivity contribution in [2.24, 2.45) is 0 Å². The molecule has 2 aliphatic rings. The van der Waals surface area contributed by atoms with Crippen molar-refractivity contribution >= 4 is 17.7 Å². The van der Waals surface area contributed by atoms with Gasteiger partial charge in [-0.05, 0) is 47.7 Å². The lowest BCUT2D eigenvalue weighted by Crippen LogP contribution is -2.36. The molecule has 0 radical (unpaired) electrons. The van der Waals surface area contributed by atoms with Crippen molar-refractivity contribution in [2.75, 3.05) is 31.9 Å². The number of hydrogen-bond donors (Lipinski definition) is 0. The van der Waals surface area contributed by atoms with Gasteiger partial charge in [-0.2, -0.15) is 0 Å². The van der Waals surface area contributed by atoms with Crippen LogP contribution < -0.4 is 0 Å². The van der Waals surface area contributed by atoms with Crippen LogP contribution >= 0.6 is 11.8 Å². The van der Waals surface area contributed by atoms with Crippen LogP contribution in [0.15, 0.2) is 29.4 Å². The Morgan fingerprint density at radius 1 is 1.10 bits per heavy atom. The van der Waals surface area contributed by atoms with E-state index in [-0.39, 0.29) is 5.91 Å². The fourth-order valence-corrected chi connectivity index (χ4v) is 5.13. The van der Waals surface area contributed by atoms with Crippen molar-refractivity contribution in [2.45, 2.75) is 56.8 Å². The summed E-state index contributed by atoms with van der Waals surface area (Å²) in [5, 5.41) is 12.9. The van der Waals surface area contributed by atoms with E-state index >= 15 is 0 Å². The van der Waals surface area contributed by atoms with Crippen molar-refractivity contribution in [3.63, 3.8) is 0 Å². The van der Waals surface area contributed by atoms with Gasteiger partial charge in [0.1, 0.15) is 0 Å². The fourth-order valence-electron chi connectivity index (χ4n) is 4.28. The second-order valence-electron chi connectivity index (χ2n) is 8.07. The molecule has 29 heavy (non-hydrogen) atoms. The van der Waals surface area contributed by atoms with E-state index < -0.39 is 0 Å². The van der Waals surface area contributed by atoms with E-state index in [1.165, 1.54) is 35.7 Å². The number of carbonyl (C=O) groups is 1. The van der Waals surface area contributed by atoms with Gasteiger partial charge in [-0.1, -0.05) is 48.9 Å². The molecule has 0 bridgehead atoms. The van der Waals surface area contributed by atoms with Gasteiger partial charge in [0, 0.05) is 32.7 Å². The largest absolute Gasteiger partial charge is 0.341 e. The lowest BCUT2D eigenvalue weighted by atomic mass is 10.1. The first-order chi connectivity index (χ1) is 14.2. The highest BCUT2D eigenvalue weighted by atomic mass is 32.2. The summed E-state index contributed by atoms with van der Waals surface area (Å²) in [5.41, 5.74) is 2.71. The van der Waals surface area contributed by atoms with E-state index in [0.717, 1.165) is 57.1 Å². The molecule has 0 unspecified atom stereocenters. The van der Waals surface area contributed by atoms with Crippen molar-refractivity contribution in [1.29, 1.82) is 0 Å². The van der Waals surface area contributed by atoms with E-state index in [0.29, 0.717) is 11.8 Å². The van der Waals surface area contributed by atoms with Gasteiger partial charge in [-0.3, -0.25) is 9.69 Å². The number of thioether (sulfide) groups is 1. The molecule has 0 N–H and O–H groups in total. The number of hydrogen-bond acceptors (Lipinski definition) is 6. The maximum atomic E-state index is 12.8. The first kappa shape index (κ1) is 20.3. The minimum atomic E-state index is 0.189. The Hall–Kier alpha value is -1.93. The number of nitrogens with zero attached hydrogens (tertiary/aromatic N) is 6. The molecule has 1 aliphatic heterocycles. The van der Waals surface area contributed by atoms with Crippen molar-refractivity contribution in [3.05, 3.63) is 35.4 Å². The monoisotopic (exact) mass is 414 g/mol. The molecule has 1 aromatic carbocycles. The lowest BCUT2D eigenvalue weighted by molar-refractivity contribution is -0.128. The Morgan fingerprint density at radius 3 is 2.76 bits per heavy atom. The summed E-state index contributed by atoms with van der Waals surface area (Å²) in [7, 11) is 0. The van der Waals surface area contributed by atoms with Gasteiger partial charge in [-0.15, -0.1) is 5.10 Å². The number of tetrazole rings is 1. The highest BCUT2D eigenvalue weighted by Gasteiger charge is 2.24. The average molecular weight is 415 g/mol. The molecular weight excluding hydrogens is 384 g/mol. The summed E-state index contributed by atoms with van der Waals surface area (Å²) >= 11 is 1.48. The molecule has 7 nitrogen and oxygen atoms in total. The van der Waals surface area contributed by atoms with Gasteiger partial charge in [-0.25, -0.2) is 4.68 Å². The molecule has 2 aromatic rings. The highest BCUT2D eigenvalue weighted by molar-refractivity contribution is 7.99. The number of carbonyl (C=O) groups excluding carboxylic acids is 1. The van der Waals surface area contributed by atoms with Crippen LogP contribution in [0.5, 0.6) is 0 Å². The third-order valence-electron chi connectivity index (χ3n) is 6.05. The number of aromatic nitrogens is 4. The van der Waals surface area contributed by atoms with Crippen molar-refractivity contribution < 1.29 is 4.79 Å². The van der Waals surface area contributed by atoms with Gasteiger partial charge >= 0.3 is 0 Å². The standard InChI is InChI=1S/C21H30N6OS/c1-17-7-2-3-8-18(17)15-25-11-6-12-26(14-13-25)20(28)16-29-21-22-23-24-27(21)19-9-4-5-10-19/h2-3,7-8,19H,4-6,9-16H2,1H3. The Kier molecular flexibility index (Phi) is 6.82. The molecule has 1 aliphatic carbocycles. The molecule has 4 rings (SSSR count). The second kappa shape index (κ2) is 9.71. The minimum Gasteiger partial charge on any atom is -0.341 e. The molecule has 2 fully saturated rings. The Balaban J connectivity index is 1.28. The summed E-state index contributed by atoms with van der Waals surface area (Å²) in [6.45, 7) is 6.70. The second-order valence-corrected chi connectivity index (χ2v) is 9.01. The van der Waals surface area contributed by atoms with Gasteiger partial charge in [0.25, 0.3) is 0 Å². The zero-order valence-electron chi connectivity index (χ0n) is 17.2. The Morgan fingerprint density at radius 2 is 1.93 bits per heavy atom. The van der Waals surface area contributed by atoms with Gasteiger partial charge in [0.15, 0.2) is 0 Å². The maximum absolute atomic E-state index is 12.8. The highest BCUT2D eigenvalue weighted by Crippen LogP contribution is 2.31. The van der Waals surface area contributed by atoms with E-state index in [1.807, 2.05) is 9.58 Å². The molecule has 1 aromatic heterocycles. The first-order valence-electron chi connectivity index (χ1n) is 10.7. The lowest BCUT2D eigenvalue weighted by Gasteiger charge is -2.22. The third kappa shape index (κ3) is 5.17. The van der Waals surface area contributed by atoms with E-state index in [4.69, 9.17) is 0 Å². The van der Waals surface area contributed by atoms with Crippen LogP contribution in [-0.2, 0) is 11.3 Å². The van der Waals surface area contributed by atoms with Crippen LogP contribution in [0.1, 0.15) is 49.3 Å². The van der Waals surface area contributed by atoms with Crippen LogP contribution in [0, 0.1) is 6.92 Å². The Bertz CT molecular complexity index is 819. The molecule has 1 amide bonds. The predicted molar refractivity (Wildman–Crippen MR) is 114 cm³/mol. The van der Waals surface area contributed by atoms with E-state index in [1.54, 1.807) is 0 Å². The number of amides is 1. The topological polar surface area (TPSA) is 67.2 Å². The molecule has 156 valence electrons. The van der Waals surface area contributed by atoms with Crippen LogP contribution in [0.3, 0.4) is 0 Å². The fraction of sp³-hybridized carbons (Fsp3) is 0.619. The molecule has 1 saturated heterocycles. The summed E-state index contributed by atoms with van der Waals surface area (Å²) in [6.07, 6.45) is 5.76. The van der Waals surface area contributed by atoms with Crippen LogP contribution in [0.2, 0.25) is 0 Å². The van der Waals surface area contributed by atoms with Gasteiger partial charge < -0.3 is 4.90 Å². The normalized spacial score (nSPS) is 18.9. The van der Waals surface area contributed by atoms with Crippen molar-refractivity contribution in [1.82, 2.24) is 30.0 Å². The summed E-state index contributed by atoms with van der Waals surface area (Å²) in [5.74, 6) is 0.596. The molecule has 1 saturated carbocycles. The number of rotatable bonds is 6. The zero-order valence-corrected chi connectivity index (χ0v) is 18.0. The van der Waals surface area contributed by atoms with E-state index in [2.05, 4.69) is 51.6 Å². The summed E-state index contributed by atoms with van der Waals surface area (Å²) in [6, 6.07) is 8.96. The maximum Gasteiger partial charge on any atom is 0.233 e. The van der Waals surface area contributed by atoms with Crippen LogP contribution in [0.25, 0.3) is 0 Å². The van der Waals surface area contributed by atoms with E-state index in [9.17, 15) is 4.79 Å². The predicted octanol–water partition coefficient (Wildman–Crippen LogP) is 2.92. The smallest absolute Gasteiger partial charge is 0.233 e. The van der Waals surface area contributed by atoms with Crippen LogP contribution in [-0.4, -0.2) is 67.8 Å². The zero-order chi connectivity index (χ0) is 20.1. The average Bonchev–Trinajstić information content (AvgIpc) is 3.36. The molecule has 8 heteroatoms. The first-order valence-corrected chi connectivity index (χ1v) is 11.6. The number of aryl methyl sites for hydroxylation is 1. The molecule has 0 atom stereocenters. The van der Waals surface area contributed by atoms with Gasteiger partial charge in [0.2, 0.25) is 11.1 Å². The summed E-state index contributed by atoms with van der Waals surface area (Å²) < 4.78 is 1.93.